The number of hydrogen-bond donors (Lipinski definition) is 1. The largest absolute Gasteiger partial charge is 0.380 e. The van der Waals surface area contributed by atoms with Crippen molar-refractivity contribution in [2.75, 3.05) is 11.9 Å². The number of benzene rings is 1. The van der Waals surface area contributed by atoms with Gasteiger partial charge in [0.15, 0.2) is 0 Å². The minimum atomic E-state index is 0.659. The van der Waals surface area contributed by atoms with E-state index in [-0.39, 0.29) is 0 Å². The van der Waals surface area contributed by atoms with Gasteiger partial charge in [0.25, 0.3) is 0 Å². The summed E-state index contributed by atoms with van der Waals surface area (Å²) in [6, 6.07) is 10.3. The zero-order valence-electron chi connectivity index (χ0n) is 10.9. The molecule has 0 atom stereocenters. The van der Waals surface area contributed by atoms with Crippen LogP contribution in [0.4, 0.5) is 5.69 Å². The molecule has 3 nitrogen and oxygen atoms in total. The van der Waals surface area contributed by atoms with Crippen LogP contribution in [0.1, 0.15) is 18.1 Å². The van der Waals surface area contributed by atoms with Crippen molar-refractivity contribution in [3.63, 3.8) is 0 Å². The monoisotopic (exact) mass is 320 g/mol. The number of aromatic nitrogens is 1. The molecule has 0 aliphatic heterocycles. The fraction of sp³-hybridized carbons (Fsp3) is 0.267. The number of anilines is 1. The second-order valence-corrected chi connectivity index (χ2v) is 4.97. The van der Waals surface area contributed by atoms with Crippen molar-refractivity contribution < 1.29 is 4.74 Å². The highest BCUT2D eigenvalue weighted by Crippen LogP contribution is 2.21. The normalized spacial score (nSPS) is 10.4. The van der Waals surface area contributed by atoms with E-state index in [0.717, 1.165) is 23.3 Å². The predicted octanol–water partition coefficient (Wildman–Crippen LogP) is 3.99. The number of nitrogens with one attached hydrogen (secondary N) is 1. The van der Waals surface area contributed by atoms with Crippen molar-refractivity contribution in [3.05, 3.63) is 58.3 Å². The van der Waals surface area contributed by atoms with Crippen molar-refractivity contribution >= 4 is 21.6 Å². The minimum Gasteiger partial charge on any atom is -0.380 e. The molecule has 0 aliphatic carbocycles. The molecule has 19 heavy (non-hydrogen) atoms. The van der Waals surface area contributed by atoms with E-state index in [1.165, 1.54) is 11.1 Å². The molecule has 1 N–H and O–H groups in total. The van der Waals surface area contributed by atoms with Gasteiger partial charge in [0, 0.05) is 25.5 Å². The Morgan fingerprint density at radius 1 is 1.21 bits per heavy atom. The van der Waals surface area contributed by atoms with Crippen LogP contribution in [-0.4, -0.2) is 11.6 Å². The lowest BCUT2D eigenvalue weighted by Gasteiger charge is -2.12. The minimum absolute atomic E-state index is 0.659. The quantitative estimate of drug-likeness (QED) is 0.873. The van der Waals surface area contributed by atoms with Gasteiger partial charge in [-0.2, -0.15) is 0 Å². The van der Waals surface area contributed by atoms with E-state index in [1.54, 1.807) is 12.4 Å². The van der Waals surface area contributed by atoms with Crippen LogP contribution in [0.5, 0.6) is 0 Å². The number of nitrogens with zero attached hydrogens (tertiary/aromatic N) is 1. The SMILES string of the molecule is CCOCc1ccccc1CNc1ccncc1Br. The van der Waals surface area contributed by atoms with Gasteiger partial charge in [-0.25, -0.2) is 0 Å². The van der Waals surface area contributed by atoms with E-state index in [1.807, 2.05) is 25.1 Å². The Bertz CT molecular complexity index is 531. The topological polar surface area (TPSA) is 34.1 Å². The predicted molar refractivity (Wildman–Crippen MR) is 81.0 cm³/mol. The van der Waals surface area contributed by atoms with Crippen LogP contribution in [0.3, 0.4) is 0 Å². The highest BCUT2D eigenvalue weighted by molar-refractivity contribution is 9.10. The second-order valence-electron chi connectivity index (χ2n) is 4.11. The van der Waals surface area contributed by atoms with Crippen LogP contribution in [0.2, 0.25) is 0 Å². The van der Waals surface area contributed by atoms with Crippen molar-refractivity contribution in [3.8, 4) is 0 Å². The van der Waals surface area contributed by atoms with Crippen molar-refractivity contribution in [1.29, 1.82) is 0 Å². The average molecular weight is 321 g/mol. The van der Waals surface area contributed by atoms with Crippen molar-refractivity contribution in [2.24, 2.45) is 0 Å². The fourth-order valence-electron chi connectivity index (χ4n) is 1.79. The molecule has 100 valence electrons. The molecule has 0 saturated carbocycles. The molecule has 1 aromatic carbocycles. The van der Waals surface area contributed by atoms with Gasteiger partial charge in [0.05, 0.1) is 16.8 Å². The summed E-state index contributed by atoms with van der Waals surface area (Å²) < 4.78 is 6.46. The van der Waals surface area contributed by atoms with Gasteiger partial charge in [-0.15, -0.1) is 0 Å². The van der Waals surface area contributed by atoms with E-state index < -0.39 is 0 Å². The number of rotatable bonds is 6. The van der Waals surface area contributed by atoms with Crippen LogP contribution >= 0.6 is 15.9 Å². The highest BCUT2D eigenvalue weighted by atomic mass is 79.9. The summed E-state index contributed by atoms with van der Waals surface area (Å²) >= 11 is 3.48. The van der Waals surface area contributed by atoms with E-state index in [2.05, 4.69) is 38.4 Å². The van der Waals surface area contributed by atoms with Crippen LogP contribution in [0.25, 0.3) is 0 Å². The molecule has 0 bridgehead atoms. The smallest absolute Gasteiger partial charge is 0.0720 e. The van der Waals surface area contributed by atoms with Gasteiger partial charge >= 0.3 is 0 Å². The second kappa shape index (κ2) is 7.26. The first-order valence-corrected chi connectivity index (χ1v) is 7.08. The van der Waals surface area contributed by atoms with Gasteiger partial charge in [0.2, 0.25) is 0 Å². The van der Waals surface area contributed by atoms with E-state index in [4.69, 9.17) is 4.74 Å². The maximum atomic E-state index is 5.49. The van der Waals surface area contributed by atoms with E-state index >= 15 is 0 Å². The summed E-state index contributed by atoms with van der Waals surface area (Å²) in [6.45, 7) is 4.17. The molecule has 2 aromatic rings. The van der Waals surface area contributed by atoms with Gasteiger partial charge in [-0.3, -0.25) is 4.98 Å². The molecule has 1 heterocycles. The van der Waals surface area contributed by atoms with Crippen LogP contribution in [0, 0.1) is 0 Å². The number of pyridine rings is 1. The van der Waals surface area contributed by atoms with Crippen LogP contribution < -0.4 is 5.32 Å². The maximum Gasteiger partial charge on any atom is 0.0720 e. The van der Waals surface area contributed by atoms with Gasteiger partial charge < -0.3 is 10.1 Å². The average Bonchev–Trinajstić information content (AvgIpc) is 2.45. The Balaban J connectivity index is 2.05. The zero-order valence-corrected chi connectivity index (χ0v) is 12.5. The third-order valence-corrected chi connectivity index (χ3v) is 3.45. The van der Waals surface area contributed by atoms with E-state index in [9.17, 15) is 0 Å². The number of hydrogen-bond acceptors (Lipinski definition) is 3. The highest BCUT2D eigenvalue weighted by Gasteiger charge is 2.03. The Morgan fingerprint density at radius 2 is 2.00 bits per heavy atom. The molecule has 0 amide bonds. The third-order valence-electron chi connectivity index (χ3n) is 2.82. The fourth-order valence-corrected chi connectivity index (χ4v) is 2.18. The lowest BCUT2D eigenvalue weighted by Crippen LogP contribution is -2.04. The number of halogens is 1. The first-order valence-electron chi connectivity index (χ1n) is 6.29. The zero-order chi connectivity index (χ0) is 13.5. The lowest BCUT2D eigenvalue weighted by molar-refractivity contribution is 0.133. The molecular formula is C15H17BrN2O. The van der Waals surface area contributed by atoms with Crippen LogP contribution in [-0.2, 0) is 17.9 Å². The summed E-state index contributed by atoms with van der Waals surface area (Å²) in [7, 11) is 0. The molecule has 4 heteroatoms. The Morgan fingerprint density at radius 3 is 2.74 bits per heavy atom. The number of ether oxygens (including phenoxy) is 1. The third kappa shape index (κ3) is 4.04. The summed E-state index contributed by atoms with van der Waals surface area (Å²) in [4.78, 5) is 4.05. The molecule has 0 radical (unpaired) electrons. The van der Waals surface area contributed by atoms with Crippen LogP contribution in [0.15, 0.2) is 47.2 Å². The first kappa shape index (κ1) is 14.0. The molecule has 0 fully saturated rings. The lowest BCUT2D eigenvalue weighted by atomic mass is 10.1. The standard InChI is InChI=1S/C15H17BrN2O/c1-2-19-11-13-6-4-3-5-12(13)9-18-15-7-8-17-10-14(15)16/h3-8,10H,2,9,11H2,1H3,(H,17,18). The Kier molecular flexibility index (Phi) is 5.36. The molecule has 0 aliphatic rings. The molecule has 2 rings (SSSR count). The van der Waals surface area contributed by atoms with Gasteiger partial charge in [-0.05, 0) is 40.0 Å². The summed E-state index contributed by atoms with van der Waals surface area (Å²) in [5.41, 5.74) is 3.52. The Hall–Kier alpha value is -1.39. The van der Waals surface area contributed by atoms with Crippen molar-refractivity contribution in [2.45, 2.75) is 20.1 Å². The summed E-state index contributed by atoms with van der Waals surface area (Å²) in [6.07, 6.45) is 3.56. The van der Waals surface area contributed by atoms with Gasteiger partial charge in [-0.1, -0.05) is 24.3 Å². The van der Waals surface area contributed by atoms with E-state index in [0.29, 0.717) is 6.61 Å². The molecule has 0 saturated heterocycles. The first-order chi connectivity index (χ1) is 9.31. The molecular weight excluding hydrogens is 304 g/mol. The molecule has 0 spiro atoms. The molecule has 1 aromatic heterocycles. The maximum absolute atomic E-state index is 5.49. The summed E-state index contributed by atoms with van der Waals surface area (Å²) in [5.74, 6) is 0. The Labute approximate surface area is 122 Å². The van der Waals surface area contributed by atoms with Crippen molar-refractivity contribution in [1.82, 2.24) is 4.98 Å². The molecule has 0 unspecified atom stereocenters. The van der Waals surface area contributed by atoms with Gasteiger partial charge in [0.1, 0.15) is 0 Å². The summed E-state index contributed by atoms with van der Waals surface area (Å²) in [5, 5.41) is 3.40.